The summed E-state index contributed by atoms with van der Waals surface area (Å²) in [6, 6.07) is 26.2. The minimum Gasteiger partial charge on any atom is -0.457 e. The number of rotatable bonds is 5. The standard InChI is InChI=1S/C25H19N5O3/c26-23-21-22(18-11-13-20(14-12-18)33-19-9-5-2-6-10-19)29-30(24(21)28-16-27-23)25(31)32-15-17-7-3-1-4-8-17/h1-14,16H,15H2,(H2,26,27,28). The number of hydrogen-bond donors (Lipinski definition) is 1. The molecule has 0 aliphatic rings. The molecule has 0 bridgehead atoms. The van der Waals surface area contributed by atoms with Crippen molar-refractivity contribution in [1.82, 2.24) is 19.7 Å². The van der Waals surface area contributed by atoms with Crippen molar-refractivity contribution in [2.45, 2.75) is 6.61 Å². The average molecular weight is 437 g/mol. The van der Waals surface area contributed by atoms with Crippen molar-refractivity contribution in [2.75, 3.05) is 5.73 Å². The van der Waals surface area contributed by atoms with Gasteiger partial charge in [-0.2, -0.15) is 5.10 Å². The van der Waals surface area contributed by atoms with Gasteiger partial charge < -0.3 is 15.2 Å². The third kappa shape index (κ3) is 4.22. The van der Waals surface area contributed by atoms with Crippen LogP contribution in [-0.2, 0) is 11.3 Å². The van der Waals surface area contributed by atoms with Gasteiger partial charge in [-0.15, -0.1) is 4.68 Å². The van der Waals surface area contributed by atoms with Crippen LogP contribution in [0.15, 0.2) is 91.3 Å². The maximum absolute atomic E-state index is 12.8. The lowest BCUT2D eigenvalue weighted by Crippen LogP contribution is -2.15. The SMILES string of the molecule is Nc1ncnc2c1c(-c1ccc(Oc3ccccc3)cc1)nn2C(=O)OCc1ccccc1. The number of carbonyl (C=O) groups excluding carboxylic acids is 1. The molecule has 0 spiro atoms. The van der Waals surface area contributed by atoms with E-state index in [0.29, 0.717) is 16.8 Å². The largest absolute Gasteiger partial charge is 0.457 e. The highest BCUT2D eigenvalue weighted by Crippen LogP contribution is 2.32. The molecular weight excluding hydrogens is 418 g/mol. The van der Waals surface area contributed by atoms with Gasteiger partial charge in [0.15, 0.2) is 5.65 Å². The lowest BCUT2D eigenvalue weighted by molar-refractivity contribution is 0.139. The highest BCUT2D eigenvalue weighted by Gasteiger charge is 2.21. The topological polar surface area (TPSA) is 105 Å². The number of fused-ring (bicyclic) bond motifs is 1. The highest BCUT2D eigenvalue weighted by atomic mass is 16.6. The van der Waals surface area contributed by atoms with E-state index in [-0.39, 0.29) is 18.1 Å². The number of carbonyl (C=O) groups is 1. The summed E-state index contributed by atoms with van der Waals surface area (Å²) in [4.78, 5) is 21.1. The average Bonchev–Trinajstić information content (AvgIpc) is 3.25. The van der Waals surface area contributed by atoms with Gasteiger partial charge in [0, 0.05) is 5.56 Å². The summed E-state index contributed by atoms with van der Waals surface area (Å²) in [6.07, 6.45) is 0.637. The lowest BCUT2D eigenvalue weighted by atomic mass is 10.1. The predicted octanol–water partition coefficient (Wildman–Crippen LogP) is 5.05. The van der Waals surface area contributed by atoms with Gasteiger partial charge in [-0.3, -0.25) is 0 Å². The number of para-hydroxylation sites is 1. The molecule has 5 aromatic rings. The maximum atomic E-state index is 12.8. The van der Waals surface area contributed by atoms with E-state index in [2.05, 4.69) is 15.1 Å². The van der Waals surface area contributed by atoms with Crippen LogP contribution in [0.2, 0.25) is 0 Å². The molecule has 5 rings (SSSR count). The van der Waals surface area contributed by atoms with Gasteiger partial charge in [0.1, 0.15) is 35.9 Å². The minimum atomic E-state index is -0.655. The highest BCUT2D eigenvalue weighted by molar-refractivity contribution is 6.01. The summed E-state index contributed by atoms with van der Waals surface area (Å²) in [5, 5.41) is 4.94. The molecule has 0 aliphatic heterocycles. The predicted molar refractivity (Wildman–Crippen MR) is 124 cm³/mol. The second-order valence-electron chi connectivity index (χ2n) is 7.20. The van der Waals surface area contributed by atoms with Crippen LogP contribution in [0.4, 0.5) is 10.6 Å². The summed E-state index contributed by atoms with van der Waals surface area (Å²) in [6.45, 7) is 0.114. The molecule has 0 unspecified atom stereocenters. The third-order valence-electron chi connectivity index (χ3n) is 4.98. The maximum Gasteiger partial charge on any atom is 0.437 e. The molecule has 3 aromatic carbocycles. The molecular formula is C25H19N5O3. The van der Waals surface area contributed by atoms with Gasteiger partial charge in [0.25, 0.3) is 0 Å². The number of nitrogens with two attached hydrogens (primary N) is 1. The Balaban J connectivity index is 1.45. The van der Waals surface area contributed by atoms with Crippen LogP contribution in [0, 0.1) is 0 Å². The molecule has 33 heavy (non-hydrogen) atoms. The van der Waals surface area contributed by atoms with E-state index in [1.165, 1.54) is 6.33 Å². The van der Waals surface area contributed by atoms with Crippen molar-refractivity contribution in [3.63, 3.8) is 0 Å². The third-order valence-corrected chi connectivity index (χ3v) is 4.98. The van der Waals surface area contributed by atoms with Crippen LogP contribution >= 0.6 is 0 Å². The van der Waals surface area contributed by atoms with E-state index in [1.807, 2.05) is 84.9 Å². The first-order valence-electron chi connectivity index (χ1n) is 10.2. The molecule has 8 nitrogen and oxygen atoms in total. The number of hydrogen-bond acceptors (Lipinski definition) is 7. The first kappa shape index (κ1) is 20.2. The van der Waals surface area contributed by atoms with E-state index in [1.54, 1.807) is 0 Å². The van der Waals surface area contributed by atoms with E-state index in [4.69, 9.17) is 15.2 Å². The van der Waals surface area contributed by atoms with Crippen molar-refractivity contribution in [2.24, 2.45) is 0 Å². The zero-order chi connectivity index (χ0) is 22.6. The molecule has 0 aliphatic carbocycles. The monoisotopic (exact) mass is 437 g/mol. The number of anilines is 1. The molecule has 0 saturated heterocycles. The van der Waals surface area contributed by atoms with Crippen LogP contribution in [0.25, 0.3) is 22.3 Å². The summed E-state index contributed by atoms with van der Waals surface area (Å²) < 4.78 is 12.4. The Morgan fingerprint density at radius 3 is 2.24 bits per heavy atom. The van der Waals surface area contributed by atoms with Gasteiger partial charge in [0.2, 0.25) is 0 Å². The van der Waals surface area contributed by atoms with E-state index < -0.39 is 6.09 Å². The Morgan fingerprint density at radius 1 is 0.848 bits per heavy atom. The lowest BCUT2D eigenvalue weighted by Gasteiger charge is -2.06. The Hall–Kier alpha value is -4.72. The summed E-state index contributed by atoms with van der Waals surface area (Å²) in [5.41, 5.74) is 8.48. The fraction of sp³-hybridized carbons (Fsp3) is 0.0400. The van der Waals surface area contributed by atoms with Crippen molar-refractivity contribution in [3.8, 4) is 22.8 Å². The van der Waals surface area contributed by atoms with Crippen LogP contribution in [0.5, 0.6) is 11.5 Å². The Kier molecular flexibility index (Phi) is 5.38. The second-order valence-corrected chi connectivity index (χ2v) is 7.20. The molecule has 0 radical (unpaired) electrons. The van der Waals surface area contributed by atoms with E-state index >= 15 is 0 Å². The van der Waals surface area contributed by atoms with Crippen LogP contribution < -0.4 is 10.5 Å². The van der Waals surface area contributed by atoms with Crippen molar-refractivity contribution >= 4 is 22.9 Å². The fourth-order valence-corrected chi connectivity index (χ4v) is 3.39. The number of benzene rings is 3. The fourth-order valence-electron chi connectivity index (χ4n) is 3.39. The van der Waals surface area contributed by atoms with Gasteiger partial charge >= 0.3 is 6.09 Å². The number of ether oxygens (including phenoxy) is 2. The Morgan fingerprint density at radius 2 is 1.52 bits per heavy atom. The summed E-state index contributed by atoms with van der Waals surface area (Å²) >= 11 is 0. The normalized spacial score (nSPS) is 10.8. The first-order valence-corrected chi connectivity index (χ1v) is 10.2. The minimum absolute atomic E-state index is 0.114. The Bertz CT molecular complexity index is 1400. The molecule has 2 heterocycles. The zero-order valence-corrected chi connectivity index (χ0v) is 17.5. The van der Waals surface area contributed by atoms with Crippen LogP contribution in [0.3, 0.4) is 0 Å². The molecule has 0 amide bonds. The molecule has 0 saturated carbocycles. The van der Waals surface area contributed by atoms with E-state index in [9.17, 15) is 4.79 Å². The van der Waals surface area contributed by atoms with Crippen molar-refractivity contribution in [3.05, 3.63) is 96.8 Å². The number of aromatic nitrogens is 4. The molecule has 8 heteroatoms. The number of nitrogens with zero attached hydrogens (tertiary/aromatic N) is 4. The van der Waals surface area contributed by atoms with Crippen LogP contribution in [0.1, 0.15) is 5.56 Å². The molecule has 0 fully saturated rings. The zero-order valence-electron chi connectivity index (χ0n) is 17.5. The summed E-state index contributed by atoms with van der Waals surface area (Å²) in [7, 11) is 0. The first-order chi connectivity index (χ1) is 16.2. The molecule has 0 atom stereocenters. The van der Waals surface area contributed by atoms with Gasteiger partial charge in [-0.1, -0.05) is 48.5 Å². The summed E-state index contributed by atoms with van der Waals surface area (Å²) in [5.74, 6) is 1.63. The Labute approximate surface area is 189 Å². The van der Waals surface area contributed by atoms with Crippen LogP contribution in [-0.4, -0.2) is 25.8 Å². The smallest absolute Gasteiger partial charge is 0.437 e. The van der Waals surface area contributed by atoms with Gasteiger partial charge in [-0.25, -0.2) is 14.8 Å². The van der Waals surface area contributed by atoms with Crippen molar-refractivity contribution < 1.29 is 14.3 Å². The number of nitrogen functional groups attached to an aromatic ring is 1. The van der Waals surface area contributed by atoms with E-state index in [0.717, 1.165) is 21.6 Å². The molecule has 2 aromatic heterocycles. The van der Waals surface area contributed by atoms with Gasteiger partial charge in [0.05, 0.1) is 5.39 Å². The molecule has 2 N–H and O–H groups in total. The van der Waals surface area contributed by atoms with Gasteiger partial charge in [-0.05, 0) is 42.0 Å². The quantitative estimate of drug-likeness (QED) is 0.410. The van der Waals surface area contributed by atoms with Crippen molar-refractivity contribution in [1.29, 1.82) is 0 Å². The molecule has 162 valence electrons. The second kappa shape index (κ2) is 8.80.